The van der Waals surface area contributed by atoms with Gasteiger partial charge in [-0.25, -0.2) is 10.9 Å². The molecule has 512 valence electrons. The van der Waals surface area contributed by atoms with Gasteiger partial charge < -0.3 is 39.1 Å². The average molecular weight is 2400 g/mol. The second kappa shape index (κ2) is 42.3. The molecule has 0 amide bonds. The molecule has 14 aromatic rings. The summed E-state index contributed by atoms with van der Waals surface area (Å²) in [5, 5.41) is 17.5. The molecule has 0 bridgehead atoms. The number of thiophene rings is 1. The number of nitrogens with zero attached hydrogens (tertiary/aromatic N) is 18. The number of aromatic nitrogens is 15. The number of carbonyl (C=O) groups excluding carboxylic acids is 1. The number of pyridine rings is 1. The second-order valence-electron chi connectivity index (χ2n) is 20.2. The summed E-state index contributed by atoms with van der Waals surface area (Å²) in [6.45, 7) is 12.6. The van der Waals surface area contributed by atoms with E-state index >= 15 is 0 Å². The van der Waals surface area contributed by atoms with Crippen LogP contribution in [0.3, 0.4) is 0 Å². The fraction of sp³-hybridized carbons (Fsp3) is 0.0986. The molecule has 0 spiro atoms. The van der Waals surface area contributed by atoms with Crippen molar-refractivity contribution in [3.05, 3.63) is 296 Å². The zero-order valence-corrected chi connectivity index (χ0v) is 69.2. The molecule has 0 saturated heterocycles. The van der Waals surface area contributed by atoms with E-state index in [0.29, 0.717) is 11.5 Å². The number of aryl methyl sites for hydroxylation is 7. The van der Waals surface area contributed by atoms with Gasteiger partial charge in [-0.2, -0.15) is 26.0 Å². The molecule has 98 heavy (non-hydrogen) atoms. The van der Waals surface area contributed by atoms with Gasteiger partial charge in [-0.3, -0.25) is 45.3 Å². The zero-order chi connectivity index (χ0) is 64.0. The molecule has 6 radical (unpaired) electrons. The third kappa shape index (κ3) is 22.4. The van der Waals surface area contributed by atoms with Crippen molar-refractivity contribution >= 4 is 46.0 Å². The summed E-state index contributed by atoms with van der Waals surface area (Å²) in [6, 6.07) is 53.1. The number of anilines is 2. The molecular weight excluding hydrogens is 2340 g/mol. The van der Waals surface area contributed by atoms with E-state index in [0.717, 1.165) is 56.9 Å². The molecule has 0 saturated carbocycles. The molecule has 9 aromatic heterocycles. The molecule has 0 N–H and O–H groups in total. The van der Waals surface area contributed by atoms with Gasteiger partial charge in [0.25, 0.3) is 0 Å². The van der Waals surface area contributed by atoms with Crippen molar-refractivity contribution in [3.63, 3.8) is 0 Å². The first-order valence-electron chi connectivity index (χ1n) is 28.5. The number of isocyanates is 1. The smallest absolute Gasteiger partial charge is 0.240 e. The fourth-order valence-electron chi connectivity index (χ4n) is 9.59. The van der Waals surface area contributed by atoms with Gasteiger partial charge >= 0.3 is 0 Å². The van der Waals surface area contributed by atoms with Crippen LogP contribution in [0.5, 0.6) is 0 Å². The minimum atomic E-state index is 0. The van der Waals surface area contributed by atoms with Gasteiger partial charge in [-0.15, -0.1) is 125 Å². The molecule has 15 rings (SSSR count). The predicted molar refractivity (Wildman–Crippen MR) is 359 cm³/mol. The van der Waals surface area contributed by atoms with Crippen LogP contribution in [0.1, 0.15) is 27.8 Å². The van der Waals surface area contributed by atoms with Crippen LogP contribution in [0.15, 0.2) is 230 Å². The van der Waals surface area contributed by atoms with E-state index in [2.05, 4.69) is 165 Å². The van der Waals surface area contributed by atoms with Gasteiger partial charge in [0.15, 0.2) is 0 Å². The molecule has 19 nitrogen and oxygen atoms in total. The van der Waals surface area contributed by atoms with Crippen molar-refractivity contribution in [2.45, 2.75) is 34.6 Å². The van der Waals surface area contributed by atoms with Crippen molar-refractivity contribution in [1.82, 2.24) is 72.5 Å². The summed E-state index contributed by atoms with van der Waals surface area (Å²) in [7, 11) is 3.84. The van der Waals surface area contributed by atoms with Crippen LogP contribution in [0.25, 0.3) is 62.7 Å². The molecule has 1 aliphatic rings. The SMILES string of the molecule is Cc1cc(C)c(-n2ccnc2-c2[c-]cccc2)c(C)c1.Cc1cccc(C)c1-n1ccnc1-c1[c-]cccc1.Cn1ccnc1-c1[c-]ccnc1.Cn1cnnc1-c1[c-]nsc1.O=C=Nc1ccc(N2C=CN(c3[c-]csc3)[CH-]2)cc1.[Ir].[Ir].[Ir].[Ir].[Ir].[Ir].[c-]1cncnc1-n1cccn1. The summed E-state index contributed by atoms with van der Waals surface area (Å²) in [6.07, 6.45) is 31.3. The van der Waals surface area contributed by atoms with Gasteiger partial charge in [-0.05, 0) is 105 Å². The normalized spacial score (nSPS) is 10.4. The molecule has 0 unspecified atom stereocenters. The van der Waals surface area contributed by atoms with Crippen molar-refractivity contribution < 1.29 is 125 Å². The Kier molecular flexibility index (Phi) is 35.7. The maximum atomic E-state index is 10.2. The van der Waals surface area contributed by atoms with Gasteiger partial charge in [-0.1, -0.05) is 65.4 Å². The Morgan fingerprint density at radius 2 is 1.18 bits per heavy atom. The van der Waals surface area contributed by atoms with Crippen molar-refractivity contribution in [2.24, 2.45) is 19.1 Å². The van der Waals surface area contributed by atoms with E-state index in [4.69, 9.17) is 0 Å². The third-order valence-corrected chi connectivity index (χ3v) is 14.8. The summed E-state index contributed by atoms with van der Waals surface area (Å²) in [5.41, 5.74) is 15.2. The van der Waals surface area contributed by atoms with E-state index in [9.17, 15) is 4.79 Å². The summed E-state index contributed by atoms with van der Waals surface area (Å²) < 4.78 is 13.5. The standard InChI is InChI=1S/C18H17N2.C17H15N2.C14H9N3OS.C9H8N3.C7H5N4.C6H5N4S.6Ir/c1-13-11-14(2)17(15(3)12-13)20-10-9-19-18(20)16-7-5-4-6-8-16;1-13-7-6-8-14(2)16(13)19-12-11-18-17(19)15-9-4-3-5-10-15;18-10-15-12-1-3-13(4-2-12)16-6-7-17(11-16)14-5-8-19-9-14;1-12-6-5-11-9(12)8-3-2-4-10-7-8;1-3-10-11(5-1)7-2-4-8-6-9-7;1-10-4-7-9-6(10)5-2-8-11-3-5;;;;;;/h4-7,9-12H,1-3H3;3-9,11-12H,1-2H3;1-4,6-9,11H;2,4-7H,1H3;1,3-6H;3-4H,1H3;;;;;;/q2*-1;-2;3*-1;;;;;;. The molecule has 27 heteroatoms. The monoisotopic (exact) mass is 2400 g/mol. The Balaban J connectivity index is 0.000000251. The van der Waals surface area contributed by atoms with Crippen molar-refractivity contribution in [3.8, 4) is 62.7 Å². The molecule has 5 aromatic carbocycles. The molecule has 1 aliphatic heterocycles. The van der Waals surface area contributed by atoms with Crippen LogP contribution in [-0.2, 0) is 140 Å². The predicted octanol–water partition coefficient (Wildman–Crippen LogP) is 14.1. The molecule has 0 atom stereocenters. The number of rotatable bonds is 10. The Morgan fingerprint density at radius 3 is 1.69 bits per heavy atom. The van der Waals surface area contributed by atoms with E-state index < -0.39 is 0 Å². The van der Waals surface area contributed by atoms with Crippen LogP contribution < -0.4 is 9.80 Å². The maximum absolute atomic E-state index is 10.2. The number of aliphatic imine (C=N–C) groups is 1. The van der Waals surface area contributed by atoms with Gasteiger partial charge in [0, 0.05) is 201 Å². The molecule has 0 fully saturated rings. The van der Waals surface area contributed by atoms with E-state index in [1.54, 1.807) is 77.7 Å². The first kappa shape index (κ1) is 82.7. The average Bonchev–Trinajstić information content (AvgIpc) is 1.50. The third-order valence-electron chi connectivity index (χ3n) is 13.7. The minimum Gasteiger partial charge on any atom is -0.509 e. The topological polar surface area (TPSA) is 189 Å². The van der Waals surface area contributed by atoms with E-state index in [1.807, 2.05) is 166 Å². The maximum Gasteiger partial charge on any atom is 0.240 e. The largest absolute Gasteiger partial charge is 0.509 e. The summed E-state index contributed by atoms with van der Waals surface area (Å²) in [5.74, 6) is 4.21. The van der Waals surface area contributed by atoms with Crippen LogP contribution in [-0.4, -0.2) is 78.6 Å². The van der Waals surface area contributed by atoms with Crippen LogP contribution in [0, 0.1) is 77.8 Å². The van der Waals surface area contributed by atoms with Gasteiger partial charge in [0.1, 0.15) is 12.7 Å². The summed E-state index contributed by atoms with van der Waals surface area (Å²) >= 11 is 2.97. The van der Waals surface area contributed by atoms with E-state index in [1.165, 1.54) is 63.1 Å². The van der Waals surface area contributed by atoms with Crippen LogP contribution in [0.4, 0.5) is 17.1 Å². The molecular formula is C71H59Ir6N18OS2-7. The van der Waals surface area contributed by atoms with Crippen molar-refractivity contribution in [1.29, 1.82) is 0 Å². The number of para-hydroxylation sites is 1. The van der Waals surface area contributed by atoms with E-state index in [-0.39, 0.29) is 121 Å². The minimum absolute atomic E-state index is 0. The second-order valence-corrected chi connectivity index (χ2v) is 21.6. The van der Waals surface area contributed by atoms with Gasteiger partial charge in [0.2, 0.25) is 6.08 Å². The van der Waals surface area contributed by atoms with Gasteiger partial charge in [0.05, 0.1) is 29.0 Å². The number of imidazole rings is 3. The first-order valence-corrected chi connectivity index (χ1v) is 30.3. The Bertz CT molecular complexity index is 4570. The number of benzene rings is 5. The Hall–Kier alpha value is -7.74. The first-order chi connectivity index (χ1) is 45.0. The molecule has 10 heterocycles. The number of hydrogen-bond donors (Lipinski definition) is 0. The zero-order valence-electron chi connectivity index (χ0n) is 53.2. The Morgan fingerprint density at radius 1 is 0.551 bits per heavy atom. The van der Waals surface area contributed by atoms with Crippen LogP contribution >= 0.6 is 22.9 Å². The Labute approximate surface area is 659 Å². The quantitative estimate of drug-likeness (QED) is 0.0715. The van der Waals surface area contributed by atoms with Crippen molar-refractivity contribution in [2.75, 3.05) is 9.80 Å². The van der Waals surface area contributed by atoms with Crippen LogP contribution in [0.2, 0.25) is 0 Å². The summed E-state index contributed by atoms with van der Waals surface area (Å²) in [4.78, 5) is 42.6. The molecule has 0 aliphatic carbocycles. The fourth-order valence-corrected chi connectivity index (χ4v) is 10.6. The number of hydrogen-bond acceptors (Lipinski definition) is 16.